The number of hydrogen-bond donors (Lipinski definition) is 0. The Bertz CT molecular complexity index is 204. The first-order valence-electron chi connectivity index (χ1n) is 4.85. The summed E-state index contributed by atoms with van der Waals surface area (Å²) in [6.45, 7) is 5.33. The highest BCUT2D eigenvalue weighted by atomic mass is 32.2. The molecule has 0 aromatic carbocycles. The lowest BCUT2D eigenvalue weighted by Gasteiger charge is -2.18. The molecule has 0 aliphatic heterocycles. The van der Waals surface area contributed by atoms with Crippen LogP contribution >= 0.6 is 0 Å². The van der Waals surface area contributed by atoms with Crippen molar-refractivity contribution in [1.82, 2.24) is 4.31 Å². The van der Waals surface area contributed by atoms with Crippen LogP contribution in [0.1, 0.15) is 39.5 Å². The van der Waals surface area contributed by atoms with Gasteiger partial charge in [-0.2, -0.15) is 0 Å². The first-order chi connectivity index (χ1) is 6.02. The molecule has 0 saturated carbocycles. The van der Waals surface area contributed by atoms with Gasteiger partial charge < -0.3 is 0 Å². The molecule has 1 radical (unpaired) electrons. The SMILES string of the molecule is [CH2]S(=O)(=O)N(CCCC)CCCC. The highest BCUT2D eigenvalue weighted by Crippen LogP contribution is 2.04. The van der Waals surface area contributed by atoms with Gasteiger partial charge in [-0.15, -0.1) is 0 Å². The third kappa shape index (κ3) is 6.05. The van der Waals surface area contributed by atoms with Gasteiger partial charge in [-0.3, -0.25) is 0 Å². The molecule has 0 atom stereocenters. The van der Waals surface area contributed by atoms with Gasteiger partial charge in [0.05, 0.1) is 6.26 Å². The van der Waals surface area contributed by atoms with E-state index in [4.69, 9.17) is 0 Å². The molecule has 0 unspecified atom stereocenters. The summed E-state index contributed by atoms with van der Waals surface area (Å²) in [6, 6.07) is 0. The Labute approximate surface area is 82.2 Å². The minimum atomic E-state index is -3.23. The van der Waals surface area contributed by atoms with Gasteiger partial charge in [0.1, 0.15) is 0 Å². The van der Waals surface area contributed by atoms with Crippen LogP contribution in [-0.4, -0.2) is 25.8 Å². The minimum Gasteiger partial charge on any atom is -0.212 e. The summed E-state index contributed by atoms with van der Waals surface area (Å²) in [5.41, 5.74) is 0. The second-order valence-electron chi connectivity index (χ2n) is 3.22. The summed E-state index contributed by atoms with van der Waals surface area (Å²) in [5, 5.41) is 0. The molecule has 0 N–H and O–H groups in total. The molecule has 0 heterocycles. The van der Waals surface area contributed by atoms with Crippen LogP contribution in [0, 0.1) is 6.26 Å². The average molecular weight is 206 g/mol. The van der Waals surface area contributed by atoms with Crippen molar-refractivity contribution in [2.24, 2.45) is 0 Å². The van der Waals surface area contributed by atoms with E-state index >= 15 is 0 Å². The molecule has 0 amide bonds. The second kappa shape index (κ2) is 6.38. The van der Waals surface area contributed by atoms with E-state index in [2.05, 4.69) is 6.26 Å². The molecule has 0 aromatic heterocycles. The maximum atomic E-state index is 11.2. The third-order valence-corrected chi connectivity index (χ3v) is 3.07. The van der Waals surface area contributed by atoms with Gasteiger partial charge in [-0.1, -0.05) is 26.7 Å². The molecule has 0 saturated heterocycles. The van der Waals surface area contributed by atoms with Crippen molar-refractivity contribution in [2.45, 2.75) is 39.5 Å². The summed E-state index contributed by atoms with van der Waals surface area (Å²) in [5.74, 6) is 0. The maximum absolute atomic E-state index is 11.2. The third-order valence-electron chi connectivity index (χ3n) is 1.92. The van der Waals surface area contributed by atoms with Crippen LogP contribution in [0.2, 0.25) is 0 Å². The van der Waals surface area contributed by atoms with Gasteiger partial charge in [0, 0.05) is 13.1 Å². The molecule has 3 nitrogen and oxygen atoms in total. The maximum Gasteiger partial charge on any atom is 0.215 e. The van der Waals surface area contributed by atoms with Crippen LogP contribution in [0.5, 0.6) is 0 Å². The Balaban J connectivity index is 4.04. The van der Waals surface area contributed by atoms with Gasteiger partial charge in [0.15, 0.2) is 0 Å². The Morgan fingerprint density at radius 2 is 1.46 bits per heavy atom. The van der Waals surface area contributed by atoms with E-state index in [0.717, 1.165) is 25.7 Å². The van der Waals surface area contributed by atoms with Crippen LogP contribution in [0.15, 0.2) is 0 Å². The topological polar surface area (TPSA) is 37.4 Å². The van der Waals surface area contributed by atoms with Gasteiger partial charge in [0.25, 0.3) is 0 Å². The standard InChI is InChI=1S/C9H20NO2S/c1-4-6-8-10(9-7-5-2)13(3,11)12/h3-9H2,1-2H3. The van der Waals surface area contributed by atoms with Crippen molar-refractivity contribution in [1.29, 1.82) is 0 Å². The molecule has 0 aromatic rings. The number of rotatable bonds is 7. The summed E-state index contributed by atoms with van der Waals surface area (Å²) in [4.78, 5) is 0. The minimum absolute atomic E-state index is 0.613. The molecule has 79 valence electrons. The molecule has 0 aliphatic carbocycles. The van der Waals surface area contributed by atoms with Crippen molar-refractivity contribution in [2.75, 3.05) is 13.1 Å². The van der Waals surface area contributed by atoms with Crippen LogP contribution in [-0.2, 0) is 10.0 Å². The first-order valence-corrected chi connectivity index (χ1v) is 6.46. The monoisotopic (exact) mass is 206 g/mol. The fourth-order valence-electron chi connectivity index (χ4n) is 1.06. The summed E-state index contributed by atoms with van der Waals surface area (Å²) in [7, 11) is -3.23. The molecule has 0 spiro atoms. The zero-order valence-corrected chi connectivity index (χ0v) is 9.44. The number of hydrogen-bond acceptors (Lipinski definition) is 2. The van der Waals surface area contributed by atoms with Crippen LogP contribution in [0.3, 0.4) is 0 Å². The largest absolute Gasteiger partial charge is 0.215 e. The molecule has 13 heavy (non-hydrogen) atoms. The number of sulfonamides is 1. The Hall–Kier alpha value is -0.0900. The predicted molar refractivity (Wildman–Crippen MR) is 55.7 cm³/mol. The van der Waals surface area contributed by atoms with Gasteiger partial charge >= 0.3 is 0 Å². The molecular formula is C9H20NO2S. The quantitative estimate of drug-likeness (QED) is 0.639. The molecule has 4 heteroatoms. The highest BCUT2D eigenvalue weighted by Gasteiger charge is 2.14. The van der Waals surface area contributed by atoms with Crippen LogP contribution in [0.4, 0.5) is 0 Å². The van der Waals surface area contributed by atoms with E-state index in [-0.39, 0.29) is 0 Å². The lowest BCUT2D eigenvalue weighted by Crippen LogP contribution is -2.30. The molecule has 0 bridgehead atoms. The van der Waals surface area contributed by atoms with Crippen LogP contribution in [0.25, 0.3) is 0 Å². The van der Waals surface area contributed by atoms with Gasteiger partial charge in [-0.25, -0.2) is 12.7 Å². The highest BCUT2D eigenvalue weighted by molar-refractivity contribution is 7.90. The van der Waals surface area contributed by atoms with Crippen molar-refractivity contribution in [3.63, 3.8) is 0 Å². The fraction of sp³-hybridized carbons (Fsp3) is 0.889. The van der Waals surface area contributed by atoms with Crippen molar-refractivity contribution in [3.8, 4) is 0 Å². The molecule has 0 aliphatic rings. The van der Waals surface area contributed by atoms with Crippen LogP contribution < -0.4 is 0 Å². The van der Waals surface area contributed by atoms with Crippen molar-refractivity contribution >= 4 is 10.0 Å². The molecule has 0 rings (SSSR count). The van der Waals surface area contributed by atoms with E-state index in [9.17, 15) is 8.42 Å². The fourth-order valence-corrected chi connectivity index (χ4v) is 1.87. The normalized spacial score (nSPS) is 12.3. The average Bonchev–Trinajstić information content (AvgIpc) is 2.02. The van der Waals surface area contributed by atoms with E-state index in [0.29, 0.717) is 13.1 Å². The van der Waals surface area contributed by atoms with E-state index in [1.165, 1.54) is 4.31 Å². The van der Waals surface area contributed by atoms with E-state index < -0.39 is 10.0 Å². The Morgan fingerprint density at radius 1 is 1.08 bits per heavy atom. The smallest absolute Gasteiger partial charge is 0.212 e. The van der Waals surface area contributed by atoms with Crippen molar-refractivity contribution < 1.29 is 8.42 Å². The summed E-state index contributed by atoms with van der Waals surface area (Å²) < 4.78 is 23.8. The zero-order chi connectivity index (χ0) is 10.3. The molecular weight excluding hydrogens is 186 g/mol. The number of unbranched alkanes of at least 4 members (excludes halogenated alkanes) is 2. The predicted octanol–water partition coefficient (Wildman–Crippen LogP) is 2.01. The second-order valence-corrected chi connectivity index (χ2v) is 4.90. The van der Waals surface area contributed by atoms with E-state index in [1.54, 1.807) is 0 Å². The zero-order valence-electron chi connectivity index (χ0n) is 8.62. The lowest BCUT2D eigenvalue weighted by molar-refractivity contribution is 0.400. The van der Waals surface area contributed by atoms with E-state index in [1.807, 2.05) is 13.8 Å². The van der Waals surface area contributed by atoms with Crippen molar-refractivity contribution in [3.05, 3.63) is 6.26 Å². The Morgan fingerprint density at radius 3 is 1.69 bits per heavy atom. The van der Waals surface area contributed by atoms with Gasteiger partial charge in [-0.05, 0) is 12.8 Å². The first kappa shape index (κ1) is 12.9. The van der Waals surface area contributed by atoms with Gasteiger partial charge in [0.2, 0.25) is 10.0 Å². The Kier molecular flexibility index (Phi) is 6.33. The lowest BCUT2D eigenvalue weighted by atomic mass is 10.3. The summed E-state index contributed by atoms with van der Waals surface area (Å²) in [6.07, 6.45) is 7.03. The summed E-state index contributed by atoms with van der Waals surface area (Å²) >= 11 is 0. The number of nitrogens with zero attached hydrogens (tertiary/aromatic N) is 1. The molecule has 0 fully saturated rings.